The van der Waals surface area contributed by atoms with Gasteiger partial charge in [-0.2, -0.15) is 0 Å². The fourth-order valence-electron chi connectivity index (χ4n) is 2.20. The first-order valence-corrected chi connectivity index (χ1v) is 6.57. The minimum absolute atomic E-state index is 0.238. The Morgan fingerprint density at radius 3 is 2.82 bits per heavy atom. The Hall–Kier alpha value is -1.35. The molecular formula is C14H14O2S. The SMILES string of the molecule is COC(=O)c1cc2cccc(C3(C)CC3)c2s1. The molecule has 1 aromatic carbocycles. The Balaban J connectivity index is 2.18. The van der Waals surface area contributed by atoms with Gasteiger partial charge in [0.25, 0.3) is 0 Å². The van der Waals surface area contributed by atoms with Crippen LogP contribution < -0.4 is 0 Å². The molecule has 0 aliphatic heterocycles. The van der Waals surface area contributed by atoms with Gasteiger partial charge in [-0.1, -0.05) is 25.1 Å². The maximum Gasteiger partial charge on any atom is 0.348 e. The number of esters is 1. The summed E-state index contributed by atoms with van der Waals surface area (Å²) in [7, 11) is 1.43. The maximum atomic E-state index is 11.5. The summed E-state index contributed by atoms with van der Waals surface area (Å²) in [4.78, 5) is 12.2. The van der Waals surface area contributed by atoms with E-state index >= 15 is 0 Å². The molecule has 0 N–H and O–H groups in total. The maximum absolute atomic E-state index is 11.5. The van der Waals surface area contributed by atoms with Crippen molar-refractivity contribution in [3.05, 3.63) is 34.7 Å². The van der Waals surface area contributed by atoms with Crippen LogP contribution in [0.15, 0.2) is 24.3 Å². The molecule has 1 saturated carbocycles. The normalized spacial score (nSPS) is 17.1. The summed E-state index contributed by atoms with van der Waals surface area (Å²) in [6, 6.07) is 8.26. The van der Waals surface area contributed by atoms with E-state index in [1.165, 1.54) is 30.2 Å². The molecule has 17 heavy (non-hydrogen) atoms. The zero-order valence-electron chi connectivity index (χ0n) is 9.95. The van der Waals surface area contributed by atoms with E-state index in [9.17, 15) is 4.79 Å². The van der Waals surface area contributed by atoms with Gasteiger partial charge in [-0.25, -0.2) is 4.79 Å². The number of methoxy groups -OCH3 is 1. The standard InChI is InChI=1S/C14H14O2S/c1-14(6-7-14)10-5-3-4-9-8-11(13(15)16-2)17-12(9)10/h3-5,8H,6-7H2,1-2H3. The van der Waals surface area contributed by atoms with Crippen molar-refractivity contribution in [3.8, 4) is 0 Å². The summed E-state index contributed by atoms with van der Waals surface area (Å²) in [6.45, 7) is 2.29. The molecule has 0 spiro atoms. The highest BCUT2D eigenvalue weighted by Gasteiger charge is 2.40. The third-order valence-corrected chi connectivity index (χ3v) is 4.75. The van der Waals surface area contributed by atoms with Gasteiger partial charge in [0.15, 0.2) is 0 Å². The fraction of sp³-hybridized carbons (Fsp3) is 0.357. The molecular weight excluding hydrogens is 232 g/mol. The minimum Gasteiger partial charge on any atom is -0.465 e. The molecule has 3 heteroatoms. The van der Waals surface area contributed by atoms with E-state index in [-0.39, 0.29) is 5.97 Å². The summed E-state index contributed by atoms with van der Waals surface area (Å²) in [5, 5.41) is 1.15. The third kappa shape index (κ3) is 1.65. The van der Waals surface area contributed by atoms with E-state index in [1.807, 2.05) is 6.07 Å². The van der Waals surface area contributed by atoms with Gasteiger partial charge in [0.1, 0.15) is 4.88 Å². The zero-order valence-corrected chi connectivity index (χ0v) is 10.8. The molecule has 0 atom stereocenters. The van der Waals surface area contributed by atoms with Crippen LogP contribution in [0.25, 0.3) is 10.1 Å². The second kappa shape index (κ2) is 3.57. The molecule has 1 fully saturated rings. The molecule has 88 valence electrons. The predicted molar refractivity (Wildman–Crippen MR) is 69.8 cm³/mol. The number of rotatable bonds is 2. The first-order valence-electron chi connectivity index (χ1n) is 5.75. The van der Waals surface area contributed by atoms with E-state index in [0.717, 1.165) is 5.39 Å². The number of carbonyl (C=O) groups excluding carboxylic acids is 1. The van der Waals surface area contributed by atoms with Gasteiger partial charge in [0, 0.05) is 4.70 Å². The third-order valence-electron chi connectivity index (χ3n) is 3.58. The van der Waals surface area contributed by atoms with E-state index in [2.05, 4.69) is 25.1 Å². The lowest BCUT2D eigenvalue weighted by Crippen LogP contribution is -1.98. The van der Waals surface area contributed by atoms with Crippen LogP contribution in [0.5, 0.6) is 0 Å². The second-order valence-corrected chi connectivity index (χ2v) is 5.94. The predicted octanol–water partition coefficient (Wildman–Crippen LogP) is 3.74. The van der Waals surface area contributed by atoms with Gasteiger partial charge in [0.05, 0.1) is 7.11 Å². The van der Waals surface area contributed by atoms with Crippen molar-refractivity contribution in [2.45, 2.75) is 25.2 Å². The first kappa shape index (κ1) is 10.8. The highest BCUT2D eigenvalue weighted by Crippen LogP contribution is 2.50. The number of fused-ring (bicyclic) bond motifs is 1. The van der Waals surface area contributed by atoms with Crippen LogP contribution >= 0.6 is 11.3 Å². The Bertz CT molecular complexity index is 593. The van der Waals surface area contributed by atoms with Crippen LogP contribution in [0.2, 0.25) is 0 Å². The minimum atomic E-state index is -0.238. The molecule has 1 aliphatic carbocycles. The molecule has 0 amide bonds. The average Bonchev–Trinajstić information content (AvgIpc) is 2.94. The molecule has 1 heterocycles. The molecule has 1 aromatic heterocycles. The summed E-state index contributed by atoms with van der Waals surface area (Å²) in [6.07, 6.45) is 2.50. The molecule has 2 aromatic rings. The van der Waals surface area contributed by atoms with Crippen LogP contribution in [0.3, 0.4) is 0 Å². The van der Waals surface area contributed by atoms with Crippen molar-refractivity contribution in [3.63, 3.8) is 0 Å². The zero-order chi connectivity index (χ0) is 12.0. The smallest absolute Gasteiger partial charge is 0.348 e. The summed E-state index contributed by atoms with van der Waals surface area (Å²) >= 11 is 1.55. The van der Waals surface area contributed by atoms with E-state index in [4.69, 9.17) is 4.74 Å². The van der Waals surface area contributed by atoms with Crippen molar-refractivity contribution in [1.29, 1.82) is 0 Å². The molecule has 2 nitrogen and oxygen atoms in total. The quantitative estimate of drug-likeness (QED) is 0.754. The number of hydrogen-bond donors (Lipinski definition) is 0. The second-order valence-electron chi connectivity index (χ2n) is 4.89. The number of thiophene rings is 1. The highest BCUT2D eigenvalue weighted by atomic mass is 32.1. The summed E-state index contributed by atoms with van der Waals surface area (Å²) < 4.78 is 6.02. The average molecular weight is 246 g/mol. The van der Waals surface area contributed by atoms with E-state index in [0.29, 0.717) is 10.3 Å². The fourth-order valence-corrected chi connectivity index (χ4v) is 3.44. The van der Waals surface area contributed by atoms with Gasteiger partial charge < -0.3 is 4.74 Å². The number of ether oxygens (including phenoxy) is 1. The number of hydrogen-bond acceptors (Lipinski definition) is 3. The van der Waals surface area contributed by atoms with Crippen molar-refractivity contribution in [1.82, 2.24) is 0 Å². The van der Waals surface area contributed by atoms with E-state index < -0.39 is 0 Å². The van der Waals surface area contributed by atoms with Crippen LogP contribution in [0, 0.1) is 0 Å². The first-order chi connectivity index (χ1) is 8.14. The molecule has 3 rings (SSSR count). The van der Waals surface area contributed by atoms with Gasteiger partial charge in [-0.15, -0.1) is 11.3 Å². The number of carbonyl (C=O) groups is 1. The lowest BCUT2D eigenvalue weighted by atomic mass is 9.97. The Kier molecular flexibility index (Phi) is 2.26. The number of benzene rings is 1. The Labute approximate surface area is 104 Å². The van der Waals surface area contributed by atoms with Crippen molar-refractivity contribution < 1.29 is 9.53 Å². The van der Waals surface area contributed by atoms with E-state index in [1.54, 1.807) is 11.3 Å². The van der Waals surface area contributed by atoms with Crippen molar-refractivity contribution >= 4 is 27.4 Å². The van der Waals surface area contributed by atoms with Gasteiger partial charge in [-0.3, -0.25) is 0 Å². The van der Waals surface area contributed by atoms with Gasteiger partial charge in [0.2, 0.25) is 0 Å². The van der Waals surface area contributed by atoms with Crippen molar-refractivity contribution in [2.24, 2.45) is 0 Å². The summed E-state index contributed by atoms with van der Waals surface area (Å²) in [5.74, 6) is -0.238. The largest absolute Gasteiger partial charge is 0.465 e. The lowest BCUT2D eigenvalue weighted by molar-refractivity contribution is 0.0606. The van der Waals surface area contributed by atoms with Crippen LogP contribution in [0.4, 0.5) is 0 Å². The monoisotopic (exact) mass is 246 g/mol. The topological polar surface area (TPSA) is 26.3 Å². The van der Waals surface area contributed by atoms with Gasteiger partial charge >= 0.3 is 5.97 Å². The Morgan fingerprint density at radius 2 is 2.18 bits per heavy atom. The van der Waals surface area contributed by atoms with Gasteiger partial charge in [-0.05, 0) is 35.3 Å². The molecule has 0 bridgehead atoms. The molecule has 0 radical (unpaired) electrons. The molecule has 0 saturated heterocycles. The molecule has 1 aliphatic rings. The lowest BCUT2D eigenvalue weighted by Gasteiger charge is -2.09. The van der Waals surface area contributed by atoms with Crippen molar-refractivity contribution in [2.75, 3.05) is 7.11 Å². The molecule has 0 unspecified atom stereocenters. The Morgan fingerprint density at radius 1 is 1.41 bits per heavy atom. The van der Waals surface area contributed by atoms with Crippen LogP contribution in [0.1, 0.15) is 35.0 Å². The summed E-state index contributed by atoms with van der Waals surface area (Å²) in [5.41, 5.74) is 1.72. The van der Waals surface area contributed by atoms with Crippen LogP contribution in [-0.4, -0.2) is 13.1 Å². The highest BCUT2D eigenvalue weighted by molar-refractivity contribution is 7.21. The van der Waals surface area contributed by atoms with Crippen LogP contribution in [-0.2, 0) is 10.2 Å².